The molecule has 9 heteroatoms. The number of nitrogens with zero attached hydrogens (tertiary/aromatic N) is 2. The third-order valence-corrected chi connectivity index (χ3v) is 5.76. The first-order valence-electron chi connectivity index (χ1n) is 9.28. The van der Waals surface area contributed by atoms with Crippen LogP contribution in [0.2, 0.25) is 0 Å². The van der Waals surface area contributed by atoms with Gasteiger partial charge in [0.1, 0.15) is 0 Å². The van der Waals surface area contributed by atoms with E-state index in [2.05, 4.69) is 26.1 Å². The van der Waals surface area contributed by atoms with Crippen molar-refractivity contribution in [3.63, 3.8) is 0 Å². The lowest BCUT2D eigenvalue weighted by Gasteiger charge is -2.13. The van der Waals surface area contributed by atoms with Crippen LogP contribution in [0.1, 0.15) is 25.3 Å². The van der Waals surface area contributed by atoms with Crippen molar-refractivity contribution in [2.45, 2.75) is 31.8 Å². The van der Waals surface area contributed by atoms with E-state index in [1.54, 1.807) is 30.3 Å². The van der Waals surface area contributed by atoms with E-state index < -0.39 is 15.9 Å². The summed E-state index contributed by atoms with van der Waals surface area (Å²) in [5, 5.41) is 3.04. The van der Waals surface area contributed by atoms with E-state index in [9.17, 15) is 13.2 Å². The number of carbonyl (C=O) groups excluding carboxylic acids is 1. The van der Waals surface area contributed by atoms with Crippen LogP contribution in [0.25, 0.3) is 10.9 Å². The Balaban J connectivity index is 1.83. The summed E-state index contributed by atoms with van der Waals surface area (Å²) >= 11 is 0. The van der Waals surface area contributed by atoms with Gasteiger partial charge in [0.25, 0.3) is 0 Å². The molecule has 0 saturated carbocycles. The average molecular weight is 414 g/mol. The number of unbranched alkanes of at least 4 members (excludes halogenated alkanes) is 1. The van der Waals surface area contributed by atoms with E-state index in [0.29, 0.717) is 23.0 Å². The van der Waals surface area contributed by atoms with Crippen molar-refractivity contribution >= 4 is 38.3 Å². The fraction of sp³-hybridized carbons (Fsp3) is 0.250. The first-order valence-corrected chi connectivity index (χ1v) is 10.9. The molecular formula is C20H23N5O3S. The molecule has 3 N–H and O–H groups in total. The van der Waals surface area contributed by atoms with Gasteiger partial charge in [-0.15, -0.1) is 0 Å². The van der Waals surface area contributed by atoms with E-state index in [1.807, 2.05) is 32.0 Å². The Morgan fingerprint density at radius 1 is 1.07 bits per heavy atom. The molecule has 0 bridgehead atoms. The molecule has 2 aromatic carbocycles. The van der Waals surface area contributed by atoms with E-state index in [-0.39, 0.29) is 16.7 Å². The lowest BCUT2D eigenvalue weighted by atomic mass is 10.2. The fourth-order valence-corrected chi connectivity index (χ4v) is 4.04. The van der Waals surface area contributed by atoms with Crippen molar-refractivity contribution in [3.8, 4) is 0 Å². The van der Waals surface area contributed by atoms with Gasteiger partial charge in [0.05, 0.1) is 11.3 Å². The molecule has 3 rings (SSSR count). The first kappa shape index (κ1) is 20.5. The molecule has 152 valence electrons. The highest BCUT2D eigenvalue weighted by Gasteiger charge is 2.20. The fourth-order valence-electron chi connectivity index (χ4n) is 2.72. The van der Waals surface area contributed by atoms with Gasteiger partial charge in [0.15, 0.2) is 5.82 Å². The number of fused-ring (bicyclic) bond motifs is 1. The molecule has 2 amide bonds. The number of urea groups is 1. The highest BCUT2D eigenvalue weighted by atomic mass is 32.2. The highest BCUT2D eigenvalue weighted by Crippen LogP contribution is 2.22. The Morgan fingerprint density at radius 2 is 1.86 bits per heavy atom. The smallest absolute Gasteiger partial charge is 0.307 e. The molecule has 0 spiro atoms. The third-order valence-electron chi connectivity index (χ3n) is 4.20. The summed E-state index contributed by atoms with van der Waals surface area (Å²) in [6.45, 7) is 3.84. The standard InChI is InChI=1S/C20H23N5O3S/c1-3-4-12-29(27,28)20-22-17-11-6-5-10-16(17)18(23-20)24-25-19(26)21-15-9-7-8-14(2)13-15/h5-11,13H,3-4,12H2,1-2H3,(H2,21,25,26)(H,22,23,24). The number of sulfone groups is 1. The molecule has 29 heavy (non-hydrogen) atoms. The normalized spacial score (nSPS) is 11.2. The van der Waals surface area contributed by atoms with Crippen LogP contribution in [0.4, 0.5) is 16.3 Å². The number of aromatic nitrogens is 2. The number of para-hydroxylation sites is 1. The van der Waals surface area contributed by atoms with Gasteiger partial charge < -0.3 is 5.32 Å². The van der Waals surface area contributed by atoms with Crippen molar-refractivity contribution in [2.75, 3.05) is 16.5 Å². The van der Waals surface area contributed by atoms with Crippen LogP contribution in [-0.4, -0.2) is 30.2 Å². The maximum Gasteiger partial charge on any atom is 0.337 e. The van der Waals surface area contributed by atoms with Gasteiger partial charge in [-0.05, 0) is 43.2 Å². The largest absolute Gasteiger partial charge is 0.337 e. The number of hydrogen-bond acceptors (Lipinski definition) is 6. The zero-order chi connectivity index (χ0) is 20.9. The van der Waals surface area contributed by atoms with Crippen LogP contribution >= 0.6 is 0 Å². The molecule has 0 atom stereocenters. The van der Waals surface area contributed by atoms with Gasteiger partial charge in [0.2, 0.25) is 15.0 Å². The molecule has 0 fully saturated rings. The molecule has 0 radical (unpaired) electrons. The van der Waals surface area contributed by atoms with E-state index in [4.69, 9.17) is 0 Å². The van der Waals surface area contributed by atoms with Crippen molar-refractivity contribution < 1.29 is 13.2 Å². The number of carbonyl (C=O) groups is 1. The highest BCUT2D eigenvalue weighted by molar-refractivity contribution is 7.91. The van der Waals surface area contributed by atoms with E-state index in [0.717, 1.165) is 12.0 Å². The predicted molar refractivity (Wildman–Crippen MR) is 113 cm³/mol. The molecule has 8 nitrogen and oxygen atoms in total. The van der Waals surface area contributed by atoms with Gasteiger partial charge in [-0.1, -0.05) is 37.6 Å². The van der Waals surface area contributed by atoms with Crippen LogP contribution in [0.5, 0.6) is 0 Å². The van der Waals surface area contributed by atoms with E-state index >= 15 is 0 Å². The summed E-state index contributed by atoms with van der Waals surface area (Å²) in [7, 11) is -3.62. The van der Waals surface area contributed by atoms with Crippen LogP contribution in [0.3, 0.4) is 0 Å². The number of aryl methyl sites for hydroxylation is 1. The molecule has 0 aliphatic carbocycles. The minimum absolute atomic E-state index is 0.0252. The molecule has 0 unspecified atom stereocenters. The topological polar surface area (TPSA) is 113 Å². The monoisotopic (exact) mass is 413 g/mol. The van der Waals surface area contributed by atoms with Crippen molar-refractivity contribution in [3.05, 3.63) is 54.1 Å². The minimum atomic E-state index is -3.62. The number of anilines is 2. The number of hydrazine groups is 1. The summed E-state index contributed by atoms with van der Waals surface area (Å²) < 4.78 is 25.1. The predicted octanol–water partition coefficient (Wildman–Crippen LogP) is 3.66. The summed E-state index contributed by atoms with van der Waals surface area (Å²) in [5.74, 6) is 0.188. The first-order chi connectivity index (χ1) is 13.9. The molecule has 0 aliphatic heterocycles. The Labute approximate surface area is 169 Å². The summed E-state index contributed by atoms with van der Waals surface area (Å²) in [6.07, 6.45) is 1.27. The van der Waals surface area contributed by atoms with Crippen LogP contribution in [0.15, 0.2) is 53.7 Å². The van der Waals surface area contributed by atoms with Gasteiger partial charge in [0, 0.05) is 11.1 Å². The Bertz CT molecular complexity index is 1130. The van der Waals surface area contributed by atoms with Gasteiger partial charge in [-0.25, -0.2) is 18.2 Å². The summed E-state index contributed by atoms with van der Waals surface area (Å²) in [4.78, 5) is 20.6. The van der Waals surface area contributed by atoms with Crippen molar-refractivity contribution in [2.24, 2.45) is 0 Å². The lowest BCUT2D eigenvalue weighted by molar-refractivity contribution is 0.254. The molecule has 1 heterocycles. The molecule has 0 aliphatic rings. The lowest BCUT2D eigenvalue weighted by Crippen LogP contribution is -2.34. The Hall–Kier alpha value is -3.20. The van der Waals surface area contributed by atoms with Crippen molar-refractivity contribution in [1.82, 2.24) is 15.4 Å². The number of hydrogen-bond donors (Lipinski definition) is 3. The maximum absolute atomic E-state index is 12.5. The minimum Gasteiger partial charge on any atom is -0.307 e. The van der Waals surface area contributed by atoms with Crippen LogP contribution in [0, 0.1) is 6.92 Å². The third kappa shape index (κ3) is 5.20. The molecule has 1 aromatic heterocycles. The SMILES string of the molecule is CCCCS(=O)(=O)c1nc(NNC(=O)Nc2cccc(C)c2)c2ccccc2n1. The second kappa shape index (κ2) is 8.87. The number of benzene rings is 2. The van der Waals surface area contributed by atoms with E-state index in [1.165, 1.54) is 0 Å². The molecule has 3 aromatic rings. The molecule has 0 saturated heterocycles. The Morgan fingerprint density at radius 3 is 2.62 bits per heavy atom. The number of nitrogens with one attached hydrogen (secondary N) is 3. The molecular weight excluding hydrogens is 390 g/mol. The van der Waals surface area contributed by atoms with Gasteiger partial charge in [-0.3, -0.25) is 10.9 Å². The maximum atomic E-state index is 12.5. The zero-order valence-corrected chi connectivity index (χ0v) is 17.1. The van der Waals surface area contributed by atoms with Crippen LogP contribution < -0.4 is 16.2 Å². The second-order valence-electron chi connectivity index (χ2n) is 6.62. The second-order valence-corrected chi connectivity index (χ2v) is 8.62. The average Bonchev–Trinajstić information content (AvgIpc) is 2.70. The summed E-state index contributed by atoms with van der Waals surface area (Å²) in [6, 6.07) is 13.9. The Kier molecular flexibility index (Phi) is 6.28. The number of rotatable bonds is 7. The van der Waals surface area contributed by atoms with Gasteiger partial charge >= 0.3 is 6.03 Å². The zero-order valence-electron chi connectivity index (χ0n) is 16.3. The number of amides is 2. The quantitative estimate of drug-likeness (QED) is 0.402. The van der Waals surface area contributed by atoms with Gasteiger partial charge in [-0.2, -0.15) is 4.98 Å². The van der Waals surface area contributed by atoms with Crippen molar-refractivity contribution in [1.29, 1.82) is 0 Å². The summed E-state index contributed by atoms with van der Waals surface area (Å²) in [5.41, 5.74) is 7.33. The van der Waals surface area contributed by atoms with Crippen LogP contribution in [-0.2, 0) is 9.84 Å².